The molecule has 6 nitrogen and oxygen atoms in total. The van der Waals surface area contributed by atoms with Crippen LogP contribution in [0.15, 0.2) is 28.9 Å². The molecule has 1 unspecified atom stereocenters. The van der Waals surface area contributed by atoms with Crippen LogP contribution in [-0.4, -0.2) is 9.97 Å². The number of hydrogen-bond acceptors (Lipinski definition) is 6. The van der Waals surface area contributed by atoms with Gasteiger partial charge in [0.05, 0.1) is 12.3 Å². The van der Waals surface area contributed by atoms with Crippen LogP contribution in [-0.2, 0) is 6.42 Å². The molecule has 0 aliphatic heterocycles. The number of hydrazine groups is 1. The summed E-state index contributed by atoms with van der Waals surface area (Å²) in [6.45, 7) is 4.10. The molecule has 102 valence electrons. The SMILES string of the molecule is CCCc1nc(NN)cc(NC(C)c2ccco2)n1. The molecule has 0 aromatic carbocycles. The quantitative estimate of drug-likeness (QED) is 0.547. The Kier molecular flexibility index (Phi) is 4.35. The van der Waals surface area contributed by atoms with Crippen LogP contribution >= 0.6 is 0 Å². The molecular weight excluding hydrogens is 242 g/mol. The first kappa shape index (κ1) is 13.4. The first-order valence-electron chi connectivity index (χ1n) is 6.37. The highest BCUT2D eigenvalue weighted by Crippen LogP contribution is 2.20. The van der Waals surface area contributed by atoms with Gasteiger partial charge < -0.3 is 15.2 Å². The van der Waals surface area contributed by atoms with E-state index in [0.717, 1.165) is 30.2 Å². The average Bonchev–Trinajstić information content (AvgIpc) is 2.92. The third-order valence-electron chi connectivity index (χ3n) is 2.73. The summed E-state index contributed by atoms with van der Waals surface area (Å²) in [6, 6.07) is 5.60. The Balaban J connectivity index is 2.16. The van der Waals surface area contributed by atoms with Crippen molar-refractivity contribution >= 4 is 11.6 Å². The van der Waals surface area contributed by atoms with Crippen LogP contribution in [0.25, 0.3) is 0 Å². The largest absolute Gasteiger partial charge is 0.467 e. The van der Waals surface area contributed by atoms with Crippen molar-refractivity contribution in [2.75, 3.05) is 10.7 Å². The van der Waals surface area contributed by atoms with Gasteiger partial charge >= 0.3 is 0 Å². The minimum Gasteiger partial charge on any atom is -0.467 e. The van der Waals surface area contributed by atoms with E-state index in [1.165, 1.54) is 0 Å². The number of nitrogens with one attached hydrogen (secondary N) is 2. The van der Waals surface area contributed by atoms with Gasteiger partial charge in [-0.15, -0.1) is 0 Å². The molecule has 0 spiro atoms. The van der Waals surface area contributed by atoms with E-state index in [4.69, 9.17) is 10.3 Å². The van der Waals surface area contributed by atoms with Crippen LogP contribution in [0, 0.1) is 0 Å². The lowest BCUT2D eigenvalue weighted by Crippen LogP contribution is -2.13. The Hall–Kier alpha value is -2.08. The molecule has 2 rings (SSSR count). The van der Waals surface area contributed by atoms with Crippen molar-refractivity contribution in [2.24, 2.45) is 5.84 Å². The number of aromatic nitrogens is 2. The maximum atomic E-state index is 5.42. The van der Waals surface area contributed by atoms with Gasteiger partial charge in [-0.2, -0.15) is 0 Å². The molecule has 0 radical (unpaired) electrons. The van der Waals surface area contributed by atoms with E-state index in [1.807, 2.05) is 19.1 Å². The lowest BCUT2D eigenvalue weighted by Gasteiger charge is -2.13. The molecule has 0 aliphatic rings. The number of rotatable bonds is 6. The number of hydrogen-bond donors (Lipinski definition) is 3. The maximum absolute atomic E-state index is 5.42. The Morgan fingerprint density at radius 1 is 1.37 bits per heavy atom. The summed E-state index contributed by atoms with van der Waals surface area (Å²) in [4.78, 5) is 8.76. The third-order valence-corrected chi connectivity index (χ3v) is 2.73. The molecule has 0 aliphatic carbocycles. The standard InChI is InChI=1S/C13H19N5O/c1-3-5-11-16-12(8-13(17-11)18-14)15-9(2)10-6-4-7-19-10/h4,6-9H,3,5,14H2,1-2H3,(H2,15,16,17,18). The van der Waals surface area contributed by atoms with Crippen molar-refractivity contribution < 1.29 is 4.42 Å². The molecule has 2 aromatic heterocycles. The van der Waals surface area contributed by atoms with Crippen LogP contribution in [0.3, 0.4) is 0 Å². The van der Waals surface area contributed by atoms with Gasteiger partial charge in [0.1, 0.15) is 23.2 Å². The summed E-state index contributed by atoms with van der Waals surface area (Å²) in [6.07, 6.45) is 3.46. The predicted molar refractivity (Wildman–Crippen MR) is 74.6 cm³/mol. The van der Waals surface area contributed by atoms with Crippen molar-refractivity contribution in [1.82, 2.24) is 9.97 Å². The second-order valence-corrected chi connectivity index (χ2v) is 4.33. The summed E-state index contributed by atoms with van der Waals surface area (Å²) in [5.41, 5.74) is 2.56. The highest BCUT2D eigenvalue weighted by Gasteiger charge is 2.10. The molecule has 2 heterocycles. The van der Waals surface area contributed by atoms with Gasteiger partial charge in [-0.1, -0.05) is 6.92 Å². The second-order valence-electron chi connectivity index (χ2n) is 4.33. The molecular formula is C13H19N5O. The minimum absolute atomic E-state index is 0.0324. The summed E-state index contributed by atoms with van der Waals surface area (Å²) in [5, 5.41) is 3.28. The lowest BCUT2D eigenvalue weighted by atomic mass is 10.2. The zero-order valence-corrected chi connectivity index (χ0v) is 11.2. The fourth-order valence-corrected chi connectivity index (χ4v) is 1.81. The minimum atomic E-state index is 0.0324. The highest BCUT2D eigenvalue weighted by atomic mass is 16.3. The molecule has 2 aromatic rings. The van der Waals surface area contributed by atoms with Gasteiger partial charge in [0.15, 0.2) is 0 Å². The van der Waals surface area contributed by atoms with Crippen molar-refractivity contribution in [1.29, 1.82) is 0 Å². The summed E-state index contributed by atoms with van der Waals surface area (Å²) >= 11 is 0. The van der Waals surface area contributed by atoms with Gasteiger partial charge in [-0.3, -0.25) is 0 Å². The lowest BCUT2D eigenvalue weighted by molar-refractivity contribution is 0.490. The number of nitrogens with two attached hydrogens (primary N) is 1. The van der Waals surface area contributed by atoms with Crippen LogP contribution in [0.1, 0.15) is 37.9 Å². The maximum Gasteiger partial charge on any atom is 0.145 e. The summed E-state index contributed by atoms with van der Waals surface area (Å²) in [7, 11) is 0. The first-order chi connectivity index (χ1) is 9.22. The van der Waals surface area contributed by atoms with Gasteiger partial charge in [0.2, 0.25) is 0 Å². The third kappa shape index (κ3) is 3.45. The number of nitrogens with zero attached hydrogens (tertiary/aromatic N) is 2. The molecule has 0 bridgehead atoms. The van der Waals surface area contributed by atoms with Crippen molar-refractivity contribution in [3.05, 3.63) is 36.0 Å². The molecule has 0 amide bonds. The molecule has 0 fully saturated rings. The Morgan fingerprint density at radius 2 is 2.16 bits per heavy atom. The Bertz CT molecular complexity index is 512. The number of furan rings is 1. The first-order valence-corrected chi connectivity index (χ1v) is 6.37. The van der Waals surface area contributed by atoms with E-state index in [1.54, 1.807) is 12.3 Å². The number of aryl methyl sites for hydroxylation is 1. The van der Waals surface area contributed by atoms with Crippen LogP contribution in [0.4, 0.5) is 11.6 Å². The van der Waals surface area contributed by atoms with E-state index < -0.39 is 0 Å². The van der Waals surface area contributed by atoms with E-state index in [2.05, 4.69) is 27.6 Å². The van der Waals surface area contributed by atoms with E-state index in [9.17, 15) is 0 Å². The number of anilines is 2. The molecule has 1 atom stereocenters. The Morgan fingerprint density at radius 3 is 2.79 bits per heavy atom. The molecule has 4 N–H and O–H groups in total. The summed E-state index contributed by atoms with van der Waals surface area (Å²) in [5.74, 6) is 8.39. The molecule has 0 saturated carbocycles. The predicted octanol–water partition coefficient (Wildman–Crippen LogP) is 2.48. The smallest absolute Gasteiger partial charge is 0.145 e. The molecule has 6 heteroatoms. The molecule has 0 saturated heterocycles. The van der Waals surface area contributed by atoms with Gasteiger partial charge in [0, 0.05) is 12.5 Å². The topological polar surface area (TPSA) is 89.0 Å². The van der Waals surface area contributed by atoms with Gasteiger partial charge in [-0.05, 0) is 25.5 Å². The average molecular weight is 261 g/mol. The molecule has 19 heavy (non-hydrogen) atoms. The van der Waals surface area contributed by atoms with Crippen molar-refractivity contribution in [3.8, 4) is 0 Å². The fourth-order valence-electron chi connectivity index (χ4n) is 1.81. The van der Waals surface area contributed by atoms with Crippen molar-refractivity contribution in [3.63, 3.8) is 0 Å². The normalized spacial score (nSPS) is 12.2. The van der Waals surface area contributed by atoms with Crippen LogP contribution in [0.5, 0.6) is 0 Å². The summed E-state index contributed by atoms with van der Waals surface area (Å²) < 4.78 is 5.36. The zero-order valence-electron chi connectivity index (χ0n) is 11.2. The second kappa shape index (κ2) is 6.19. The van der Waals surface area contributed by atoms with Crippen molar-refractivity contribution in [2.45, 2.75) is 32.7 Å². The van der Waals surface area contributed by atoms with Gasteiger partial charge in [-0.25, -0.2) is 15.8 Å². The van der Waals surface area contributed by atoms with E-state index in [0.29, 0.717) is 5.82 Å². The van der Waals surface area contributed by atoms with E-state index >= 15 is 0 Å². The van der Waals surface area contributed by atoms with Crippen LogP contribution < -0.4 is 16.6 Å². The van der Waals surface area contributed by atoms with E-state index in [-0.39, 0.29) is 6.04 Å². The Labute approximate surface area is 112 Å². The monoisotopic (exact) mass is 261 g/mol. The zero-order chi connectivity index (χ0) is 13.7. The number of nitrogen functional groups attached to an aromatic ring is 1. The highest BCUT2D eigenvalue weighted by molar-refractivity contribution is 5.47. The fraction of sp³-hybridized carbons (Fsp3) is 0.385. The van der Waals surface area contributed by atoms with Gasteiger partial charge in [0.25, 0.3) is 0 Å². The van der Waals surface area contributed by atoms with Crippen LogP contribution in [0.2, 0.25) is 0 Å².